The van der Waals surface area contributed by atoms with E-state index in [9.17, 15) is 0 Å². The smallest absolute Gasteiger partial charge is 0.0675 e. The Morgan fingerprint density at radius 1 is 0.861 bits per heavy atom. The number of benzene rings is 2. The maximum Gasteiger partial charge on any atom is 0.0675 e. The Labute approximate surface area is 224 Å². The summed E-state index contributed by atoms with van der Waals surface area (Å²) in [5, 5.41) is 0. The van der Waals surface area contributed by atoms with Gasteiger partial charge in [0.2, 0.25) is 0 Å². The summed E-state index contributed by atoms with van der Waals surface area (Å²) < 4.78 is 0. The largest absolute Gasteiger partial charge is 0.252 e. The van der Waals surface area contributed by atoms with Crippen molar-refractivity contribution in [2.75, 3.05) is 5.75 Å². The Hall–Kier alpha value is -2.06. The minimum atomic E-state index is 0.0148. The van der Waals surface area contributed by atoms with E-state index in [0.29, 0.717) is 0 Å². The van der Waals surface area contributed by atoms with E-state index in [4.69, 9.17) is 4.99 Å². The second-order valence-corrected chi connectivity index (χ2v) is 11.8. The van der Waals surface area contributed by atoms with Gasteiger partial charge in [-0.25, -0.2) is 0 Å². The molecule has 0 radical (unpaired) electrons. The fraction of sp³-hybridized carbons (Fsp3) is 0.500. The second kappa shape index (κ2) is 13.0. The molecule has 0 spiro atoms. The van der Waals surface area contributed by atoms with Crippen molar-refractivity contribution in [1.29, 1.82) is 0 Å². The lowest BCUT2D eigenvalue weighted by atomic mass is 9.71. The fourth-order valence-corrected chi connectivity index (χ4v) is 7.02. The Morgan fingerprint density at radius 2 is 1.58 bits per heavy atom. The first-order valence-electron chi connectivity index (χ1n) is 14.4. The van der Waals surface area contributed by atoms with Gasteiger partial charge < -0.3 is 0 Å². The van der Waals surface area contributed by atoms with E-state index in [1.165, 1.54) is 95.5 Å². The van der Waals surface area contributed by atoms with Crippen LogP contribution in [0.3, 0.4) is 0 Å². The van der Waals surface area contributed by atoms with Crippen LogP contribution in [0, 0.1) is 6.92 Å². The number of fused-ring (bicyclic) bond motifs is 4. The Morgan fingerprint density at radius 3 is 2.31 bits per heavy atom. The number of allylic oxidation sites excluding steroid dienone is 3. The topological polar surface area (TPSA) is 12.4 Å². The highest BCUT2D eigenvalue weighted by molar-refractivity contribution is 8.03. The molecule has 0 fully saturated rings. The first kappa shape index (κ1) is 27.0. The molecule has 3 aliphatic rings. The predicted octanol–water partition coefficient (Wildman–Crippen LogP) is 10.2. The number of thioether (sulfide) groups is 1. The average molecular weight is 500 g/mol. The summed E-state index contributed by atoms with van der Waals surface area (Å²) in [6.07, 6.45) is 18.7. The Kier molecular flexibility index (Phi) is 9.71. The number of hydrogen-bond acceptors (Lipinski definition) is 2. The van der Waals surface area contributed by atoms with Crippen LogP contribution in [-0.4, -0.2) is 11.5 Å². The lowest BCUT2D eigenvalue weighted by Gasteiger charge is -2.38. The van der Waals surface area contributed by atoms with E-state index in [2.05, 4.69) is 82.3 Å². The first-order valence-corrected chi connectivity index (χ1v) is 15.4. The molecule has 2 aromatic rings. The van der Waals surface area contributed by atoms with Crippen LogP contribution in [0.4, 0.5) is 5.69 Å². The summed E-state index contributed by atoms with van der Waals surface area (Å²) in [5.74, 6) is 1.09. The maximum absolute atomic E-state index is 5.24. The zero-order valence-electron chi connectivity index (χ0n) is 23.0. The summed E-state index contributed by atoms with van der Waals surface area (Å²) >= 11 is 2.04. The van der Waals surface area contributed by atoms with Gasteiger partial charge >= 0.3 is 0 Å². The molecule has 2 aliphatic heterocycles. The van der Waals surface area contributed by atoms with Gasteiger partial charge in [-0.2, -0.15) is 0 Å². The molecule has 1 aliphatic carbocycles. The maximum atomic E-state index is 5.24. The van der Waals surface area contributed by atoms with Crippen molar-refractivity contribution in [3.8, 4) is 0 Å². The normalized spacial score (nSPS) is 19.7. The van der Waals surface area contributed by atoms with Crippen LogP contribution in [0.5, 0.6) is 0 Å². The summed E-state index contributed by atoms with van der Waals surface area (Å²) in [4.78, 5) is 6.69. The molecule has 0 bridgehead atoms. The lowest BCUT2D eigenvalue weighted by molar-refractivity contribution is 0.651. The molecule has 1 unspecified atom stereocenters. The molecule has 1 atom stereocenters. The number of aliphatic imine (C=N–C) groups is 1. The van der Waals surface area contributed by atoms with E-state index in [1.54, 1.807) is 0 Å². The van der Waals surface area contributed by atoms with Gasteiger partial charge in [0.1, 0.15) is 0 Å². The molecule has 0 saturated carbocycles. The van der Waals surface area contributed by atoms with Gasteiger partial charge in [-0.05, 0) is 67.4 Å². The molecule has 192 valence electrons. The number of unbranched alkanes of at least 4 members (excludes halogenated alkanes) is 5. The molecular weight excluding hydrogens is 454 g/mol. The van der Waals surface area contributed by atoms with Crippen LogP contribution < -0.4 is 0 Å². The van der Waals surface area contributed by atoms with Crippen molar-refractivity contribution in [2.45, 2.75) is 104 Å². The zero-order chi connectivity index (χ0) is 25.4. The molecule has 5 rings (SSSR count). The monoisotopic (exact) mass is 499 g/mol. The van der Waals surface area contributed by atoms with Gasteiger partial charge in [-0.3, -0.25) is 4.99 Å². The number of nitrogens with zero attached hydrogens (tertiary/aromatic N) is 1. The van der Waals surface area contributed by atoms with Crippen LogP contribution in [0.25, 0.3) is 0 Å². The van der Waals surface area contributed by atoms with Crippen molar-refractivity contribution in [3.05, 3.63) is 87.3 Å². The van der Waals surface area contributed by atoms with Crippen LogP contribution in [-0.2, 0) is 18.3 Å². The van der Waals surface area contributed by atoms with Gasteiger partial charge in [0, 0.05) is 10.7 Å². The summed E-state index contributed by atoms with van der Waals surface area (Å²) in [6.45, 7) is 8.96. The molecule has 1 nitrogen and oxygen atoms in total. The molecule has 0 amide bonds. The fourth-order valence-electron chi connectivity index (χ4n) is 5.66. The summed E-state index contributed by atoms with van der Waals surface area (Å²) in [5.41, 5.74) is 9.73. The molecule has 36 heavy (non-hydrogen) atoms. The van der Waals surface area contributed by atoms with E-state index in [1.807, 2.05) is 11.8 Å². The molecule has 2 heteroatoms. The van der Waals surface area contributed by atoms with Crippen LogP contribution in [0.2, 0.25) is 0 Å². The van der Waals surface area contributed by atoms with Gasteiger partial charge in [0.15, 0.2) is 0 Å². The molecular formula is C34H45NS. The van der Waals surface area contributed by atoms with E-state index in [0.717, 1.165) is 25.0 Å². The van der Waals surface area contributed by atoms with Crippen molar-refractivity contribution >= 4 is 23.2 Å². The highest BCUT2D eigenvalue weighted by atomic mass is 32.2. The summed E-state index contributed by atoms with van der Waals surface area (Å²) in [6, 6.07) is 16.2. The SMILES string of the molecule is CCCCCCC.CCCCc1ccc(CC23CSC4=C(CCC=C4)C2=Nc2ccc(C)cc23)cc1. The van der Waals surface area contributed by atoms with Gasteiger partial charge in [0.25, 0.3) is 0 Å². The third kappa shape index (κ3) is 6.08. The minimum Gasteiger partial charge on any atom is -0.252 e. The quantitative estimate of drug-likeness (QED) is 0.313. The van der Waals surface area contributed by atoms with E-state index in [-0.39, 0.29) is 5.41 Å². The molecule has 0 saturated heterocycles. The third-order valence-corrected chi connectivity index (χ3v) is 9.13. The van der Waals surface area contributed by atoms with Crippen molar-refractivity contribution in [1.82, 2.24) is 0 Å². The number of rotatable bonds is 9. The Balaban J connectivity index is 0.000000384. The average Bonchev–Trinajstić information content (AvgIpc) is 3.23. The van der Waals surface area contributed by atoms with Crippen LogP contribution in [0.1, 0.15) is 101 Å². The predicted molar refractivity (Wildman–Crippen MR) is 161 cm³/mol. The highest BCUT2D eigenvalue weighted by Crippen LogP contribution is 2.52. The van der Waals surface area contributed by atoms with Crippen molar-refractivity contribution in [3.63, 3.8) is 0 Å². The number of hydrogen-bond donors (Lipinski definition) is 0. The van der Waals surface area contributed by atoms with Gasteiger partial charge in [-0.15, -0.1) is 11.8 Å². The Bertz CT molecular complexity index is 1100. The third-order valence-electron chi connectivity index (χ3n) is 7.80. The van der Waals surface area contributed by atoms with E-state index >= 15 is 0 Å². The van der Waals surface area contributed by atoms with Gasteiger partial charge in [-0.1, -0.05) is 113 Å². The standard InChI is InChI=1S/C27H29NS.C7H16/c1-3-4-7-20-11-13-21(14-12-20)17-27-18-29-25-9-6-5-8-22(25)26(27)28-24-15-10-19(2)16-23(24)27;1-3-5-7-6-4-2/h6,9-16H,3-5,7-8,17-18H2,1-2H3;3-7H2,1-2H3. The number of aryl methyl sites for hydroxylation is 2. The molecule has 2 heterocycles. The molecule has 0 aromatic heterocycles. The zero-order valence-corrected chi connectivity index (χ0v) is 23.9. The van der Waals surface area contributed by atoms with Crippen molar-refractivity contribution < 1.29 is 0 Å². The van der Waals surface area contributed by atoms with Gasteiger partial charge in [0.05, 0.1) is 16.8 Å². The first-order chi connectivity index (χ1) is 17.6. The molecule has 2 aromatic carbocycles. The second-order valence-electron chi connectivity index (χ2n) is 10.8. The summed E-state index contributed by atoms with van der Waals surface area (Å²) in [7, 11) is 0. The minimum absolute atomic E-state index is 0.0148. The highest BCUT2D eigenvalue weighted by Gasteiger charge is 2.47. The van der Waals surface area contributed by atoms with Crippen LogP contribution >= 0.6 is 11.8 Å². The van der Waals surface area contributed by atoms with Crippen molar-refractivity contribution in [2.24, 2.45) is 4.99 Å². The van der Waals surface area contributed by atoms with Crippen LogP contribution in [0.15, 0.2) is 70.1 Å². The molecule has 0 N–H and O–H groups in total. The van der Waals surface area contributed by atoms with E-state index < -0.39 is 0 Å². The lowest BCUT2D eigenvalue weighted by Crippen LogP contribution is -2.42.